The van der Waals surface area contributed by atoms with Crippen molar-refractivity contribution in [3.8, 4) is 0 Å². The van der Waals surface area contributed by atoms with Gasteiger partial charge in [-0.1, -0.05) is 11.2 Å². The van der Waals surface area contributed by atoms with Crippen LogP contribution in [-0.4, -0.2) is 47.0 Å². The van der Waals surface area contributed by atoms with Crippen LogP contribution in [0.2, 0.25) is 0 Å². The van der Waals surface area contributed by atoms with E-state index in [4.69, 9.17) is 4.52 Å². The molecule has 0 unspecified atom stereocenters. The summed E-state index contributed by atoms with van der Waals surface area (Å²) in [5.41, 5.74) is 0.912. The Kier molecular flexibility index (Phi) is 4.36. The van der Waals surface area contributed by atoms with Gasteiger partial charge >= 0.3 is 0 Å². The van der Waals surface area contributed by atoms with Crippen molar-refractivity contribution in [1.29, 1.82) is 0 Å². The summed E-state index contributed by atoms with van der Waals surface area (Å²) < 4.78 is 5.24. The number of hydrogen-bond acceptors (Lipinski definition) is 5. The Morgan fingerprint density at radius 1 is 1.38 bits per heavy atom. The Morgan fingerprint density at radius 3 is 2.81 bits per heavy atom. The fraction of sp³-hybridized carbons (Fsp3) is 0.467. The molecule has 0 aliphatic carbocycles. The van der Waals surface area contributed by atoms with E-state index in [-0.39, 0.29) is 5.91 Å². The maximum Gasteiger partial charge on any atom is 0.227 e. The van der Waals surface area contributed by atoms with Crippen LogP contribution in [0.1, 0.15) is 16.3 Å². The molecule has 0 saturated carbocycles. The van der Waals surface area contributed by atoms with Crippen LogP contribution in [0.5, 0.6) is 0 Å². The van der Waals surface area contributed by atoms with E-state index in [1.54, 1.807) is 11.3 Å². The first-order chi connectivity index (χ1) is 10.2. The number of amides is 1. The average Bonchev–Trinajstić information content (AvgIpc) is 3.12. The molecule has 2 aromatic rings. The smallest absolute Gasteiger partial charge is 0.227 e. The van der Waals surface area contributed by atoms with E-state index in [0.29, 0.717) is 6.42 Å². The molecule has 21 heavy (non-hydrogen) atoms. The number of nitrogens with zero attached hydrogens (tertiary/aromatic N) is 3. The van der Waals surface area contributed by atoms with Crippen molar-refractivity contribution in [3.05, 3.63) is 39.9 Å². The van der Waals surface area contributed by atoms with Crippen molar-refractivity contribution in [2.24, 2.45) is 0 Å². The molecule has 1 saturated heterocycles. The number of rotatable bonds is 4. The molecule has 6 heteroatoms. The molecule has 0 atom stereocenters. The first kappa shape index (κ1) is 14.3. The summed E-state index contributed by atoms with van der Waals surface area (Å²) in [6.45, 7) is 6.04. The number of aromatic nitrogens is 1. The second-order valence-electron chi connectivity index (χ2n) is 5.35. The van der Waals surface area contributed by atoms with Gasteiger partial charge in [-0.2, -0.15) is 0 Å². The van der Waals surface area contributed by atoms with Crippen LogP contribution < -0.4 is 0 Å². The Hall–Kier alpha value is -1.66. The number of aryl methyl sites for hydroxylation is 1. The zero-order valence-electron chi connectivity index (χ0n) is 12.1. The Morgan fingerprint density at radius 2 is 2.19 bits per heavy atom. The lowest BCUT2D eigenvalue weighted by Crippen LogP contribution is -2.48. The first-order valence-electron chi connectivity index (χ1n) is 7.15. The standard InChI is InChI=1S/C15H19N3O2S/c1-12-9-13(20-16-12)11-17-4-6-18(7-5-17)15(19)10-14-3-2-8-21-14/h2-3,8-9H,4-7,10-11H2,1H3. The van der Waals surface area contributed by atoms with Crippen LogP contribution in [0.25, 0.3) is 0 Å². The number of piperazine rings is 1. The van der Waals surface area contributed by atoms with Crippen molar-refractivity contribution in [3.63, 3.8) is 0 Å². The lowest BCUT2D eigenvalue weighted by Gasteiger charge is -2.34. The number of thiophene rings is 1. The van der Waals surface area contributed by atoms with Gasteiger partial charge in [0.25, 0.3) is 0 Å². The third kappa shape index (κ3) is 3.71. The molecule has 0 radical (unpaired) electrons. The van der Waals surface area contributed by atoms with Gasteiger partial charge in [0.1, 0.15) is 0 Å². The van der Waals surface area contributed by atoms with Crippen molar-refractivity contribution >= 4 is 17.2 Å². The summed E-state index contributed by atoms with van der Waals surface area (Å²) in [7, 11) is 0. The molecule has 1 amide bonds. The van der Waals surface area contributed by atoms with Gasteiger partial charge in [-0.05, 0) is 18.4 Å². The lowest BCUT2D eigenvalue weighted by atomic mass is 10.2. The number of hydrogen-bond donors (Lipinski definition) is 0. The van der Waals surface area contributed by atoms with Gasteiger partial charge in [0, 0.05) is 37.1 Å². The average molecular weight is 305 g/mol. The summed E-state index contributed by atoms with van der Waals surface area (Å²) in [6, 6.07) is 5.98. The third-order valence-corrected chi connectivity index (χ3v) is 4.56. The zero-order valence-corrected chi connectivity index (χ0v) is 12.9. The van der Waals surface area contributed by atoms with E-state index in [2.05, 4.69) is 10.1 Å². The maximum absolute atomic E-state index is 12.2. The minimum atomic E-state index is 0.229. The SMILES string of the molecule is Cc1cc(CN2CCN(C(=O)Cc3cccs3)CC2)on1. The normalized spacial score (nSPS) is 16.3. The highest BCUT2D eigenvalue weighted by Crippen LogP contribution is 2.13. The van der Waals surface area contributed by atoms with Gasteiger partial charge in [-0.15, -0.1) is 11.3 Å². The number of carbonyl (C=O) groups excluding carboxylic acids is 1. The molecular formula is C15H19N3O2S. The molecule has 112 valence electrons. The molecule has 0 aromatic carbocycles. The predicted molar refractivity (Wildman–Crippen MR) is 81.1 cm³/mol. The predicted octanol–water partition coefficient (Wildman–Crippen LogP) is 1.93. The van der Waals surface area contributed by atoms with Crippen molar-refractivity contribution in [1.82, 2.24) is 15.0 Å². The van der Waals surface area contributed by atoms with E-state index in [1.165, 1.54) is 0 Å². The summed E-state index contributed by atoms with van der Waals surface area (Å²) in [5, 5.41) is 5.92. The van der Waals surface area contributed by atoms with Crippen molar-refractivity contribution in [2.45, 2.75) is 19.9 Å². The molecule has 0 spiro atoms. The van der Waals surface area contributed by atoms with Gasteiger partial charge in [0.05, 0.1) is 18.7 Å². The molecule has 3 rings (SSSR count). The van der Waals surface area contributed by atoms with Gasteiger partial charge in [-0.25, -0.2) is 0 Å². The van der Waals surface area contributed by atoms with Crippen LogP contribution in [-0.2, 0) is 17.8 Å². The topological polar surface area (TPSA) is 49.6 Å². The second-order valence-corrected chi connectivity index (χ2v) is 6.38. The summed E-state index contributed by atoms with van der Waals surface area (Å²) >= 11 is 1.64. The minimum absolute atomic E-state index is 0.229. The Balaban J connectivity index is 1.47. The molecule has 3 heterocycles. The molecule has 2 aromatic heterocycles. The highest BCUT2D eigenvalue weighted by Gasteiger charge is 2.22. The number of carbonyl (C=O) groups is 1. The monoisotopic (exact) mass is 305 g/mol. The van der Waals surface area contributed by atoms with Crippen LogP contribution in [0, 0.1) is 6.92 Å². The minimum Gasteiger partial charge on any atom is -0.360 e. The molecule has 1 aliphatic rings. The van der Waals surface area contributed by atoms with Crippen molar-refractivity contribution in [2.75, 3.05) is 26.2 Å². The third-order valence-electron chi connectivity index (χ3n) is 3.69. The zero-order chi connectivity index (χ0) is 14.7. The molecule has 0 N–H and O–H groups in total. The van der Waals surface area contributed by atoms with E-state index < -0.39 is 0 Å². The fourth-order valence-electron chi connectivity index (χ4n) is 2.54. The Labute approximate surface area is 128 Å². The first-order valence-corrected chi connectivity index (χ1v) is 8.03. The van der Waals surface area contributed by atoms with Gasteiger partial charge in [0.2, 0.25) is 5.91 Å². The maximum atomic E-state index is 12.2. The van der Waals surface area contributed by atoms with E-state index in [1.807, 2.05) is 35.4 Å². The molecule has 1 fully saturated rings. The van der Waals surface area contributed by atoms with E-state index in [0.717, 1.165) is 49.1 Å². The van der Waals surface area contributed by atoms with Crippen LogP contribution in [0.4, 0.5) is 0 Å². The molecule has 0 bridgehead atoms. The highest BCUT2D eigenvalue weighted by atomic mass is 32.1. The van der Waals surface area contributed by atoms with E-state index >= 15 is 0 Å². The van der Waals surface area contributed by atoms with Crippen LogP contribution >= 0.6 is 11.3 Å². The molecule has 1 aliphatic heterocycles. The second kappa shape index (κ2) is 6.41. The van der Waals surface area contributed by atoms with Crippen LogP contribution in [0.15, 0.2) is 28.1 Å². The Bertz CT molecular complexity index is 586. The molecular weight excluding hydrogens is 286 g/mol. The molecule has 5 nitrogen and oxygen atoms in total. The fourth-order valence-corrected chi connectivity index (χ4v) is 3.24. The quantitative estimate of drug-likeness (QED) is 0.866. The van der Waals surface area contributed by atoms with Crippen LogP contribution in [0.3, 0.4) is 0 Å². The van der Waals surface area contributed by atoms with Gasteiger partial charge < -0.3 is 9.42 Å². The highest BCUT2D eigenvalue weighted by molar-refractivity contribution is 7.10. The summed E-state index contributed by atoms with van der Waals surface area (Å²) in [4.78, 5) is 17.6. The van der Waals surface area contributed by atoms with Gasteiger partial charge in [-0.3, -0.25) is 9.69 Å². The lowest BCUT2D eigenvalue weighted by molar-refractivity contribution is -0.132. The largest absolute Gasteiger partial charge is 0.360 e. The van der Waals surface area contributed by atoms with Crippen molar-refractivity contribution < 1.29 is 9.32 Å². The summed E-state index contributed by atoms with van der Waals surface area (Å²) in [5.74, 6) is 1.12. The van der Waals surface area contributed by atoms with Gasteiger partial charge in [0.15, 0.2) is 5.76 Å². The summed E-state index contributed by atoms with van der Waals surface area (Å²) in [6.07, 6.45) is 0.527. The van der Waals surface area contributed by atoms with E-state index in [9.17, 15) is 4.79 Å².